The second kappa shape index (κ2) is 4.90. The van der Waals surface area contributed by atoms with Crippen LogP contribution >= 0.6 is 11.6 Å². The van der Waals surface area contributed by atoms with Crippen molar-refractivity contribution in [3.8, 4) is 0 Å². The van der Waals surface area contributed by atoms with Gasteiger partial charge >= 0.3 is 0 Å². The molecule has 0 aromatic heterocycles. The molecule has 4 heteroatoms. The largest absolute Gasteiger partial charge is 0.379 e. The molecule has 3 nitrogen and oxygen atoms in total. The van der Waals surface area contributed by atoms with Crippen LogP contribution in [0.4, 0.5) is 0 Å². The van der Waals surface area contributed by atoms with Gasteiger partial charge in [0.05, 0.1) is 18.6 Å². The maximum Gasteiger partial charge on any atom is 0.243 e. The molecule has 0 unspecified atom stereocenters. The summed E-state index contributed by atoms with van der Waals surface area (Å²) in [4.78, 5) is 11.2. The summed E-state index contributed by atoms with van der Waals surface area (Å²) >= 11 is 5.98. The molecular formula is C13H14ClNO2. The molecule has 0 atom stereocenters. The standard InChI is InChI=1S/C13H14ClNO2/c1-2-12(16)15-7-13(8-17-9-13)10-4-3-5-11(14)6-10/h2-6H,1,7-9H2,(H,15,16). The molecule has 90 valence electrons. The normalized spacial score (nSPS) is 17.0. The van der Waals surface area contributed by atoms with Gasteiger partial charge in [-0.2, -0.15) is 0 Å². The molecule has 0 saturated carbocycles. The van der Waals surface area contributed by atoms with Crippen molar-refractivity contribution in [2.75, 3.05) is 19.8 Å². The lowest BCUT2D eigenvalue weighted by molar-refractivity contribution is -0.118. The van der Waals surface area contributed by atoms with Gasteiger partial charge in [-0.15, -0.1) is 0 Å². The Morgan fingerprint density at radius 2 is 2.35 bits per heavy atom. The second-order valence-electron chi connectivity index (χ2n) is 4.21. The van der Waals surface area contributed by atoms with Crippen LogP contribution in [0.2, 0.25) is 5.02 Å². The molecule has 17 heavy (non-hydrogen) atoms. The van der Waals surface area contributed by atoms with Crippen molar-refractivity contribution in [2.24, 2.45) is 0 Å². The molecule has 0 bridgehead atoms. The highest BCUT2D eigenvalue weighted by atomic mass is 35.5. The first-order valence-electron chi connectivity index (χ1n) is 5.40. The average molecular weight is 252 g/mol. The van der Waals surface area contributed by atoms with E-state index in [1.165, 1.54) is 6.08 Å². The molecule has 0 spiro atoms. The van der Waals surface area contributed by atoms with Gasteiger partial charge in [0.25, 0.3) is 0 Å². The van der Waals surface area contributed by atoms with E-state index in [9.17, 15) is 4.79 Å². The summed E-state index contributed by atoms with van der Waals surface area (Å²) in [5.74, 6) is -0.168. The van der Waals surface area contributed by atoms with Gasteiger partial charge in [-0.1, -0.05) is 30.3 Å². The summed E-state index contributed by atoms with van der Waals surface area (Å²) in [7, 11) is 0. The Kier molecular flexibility index (Phi) is 3.50. The lowest BCUT2D eigenvalue weighted by Crippen LogP contribution is -2.54. The van der Waals surface area contributed by atoms with Crippen molar-refractivity contribution in [2.45, 2.75) is 5.41 Å². The summed E-state index contributed by atoms with van der Waals surface area (Å²) in [6.07, 6.45) is 1.27. The van der Waals surface area contributed by atoms with Gasteiger partial charge in [0.1, 0.15) is 0 Å². The van der Waals surface area contributed by atoms with Crippen LogP contribution in [0.5, 0.6) is 0 Å². The van der Waals surface area contributed by atoms with Gasteiger partial charge in [-0.3, -0.25) is 4.79 Å². The van der Waals surface area contributed by atoms with E-state index in [1.54, 1.807) is 0 Å². The monoisotopic (exact) mass is 251 g/mol. The maximum atomic E-state index is 11.2. The zero-order valence-electron chi connectivity index (χ0n) is 9.41. The summed E-state index contributed by atoms with van der Waals surface area (Å²) in [5.41, 5.74) is 0.949. The van der Waals surface area contributed by atoms with Crippen molar-refractivity contribution in [1.82, 2.24) is 5.32 Å². The number of rotatable bonds is 4. The summed E-state index contributed by atoms with van der Waals surface area (Å²) in [5, 5.41) is 3.51. The predicted octanol–water partition coefficient (Wildman–Crippen LogP) is 1.91. The molecule has 1 aliphatic rings. The fourth-order valence-corrected chi connectivity index (χ4v) is 2.06. The third-order valence-electron chi connectivity index (χ3n) is 2.98. The van der Waals surface area contributed by atoms with E-state index in [2.05, 4.69) is 11.9 Å². The molecule has 1 aromatic rings. The molecule has 1 N–H and O–H groups in total. The Morgan fingerprint density at radius 1 is 1.59 bits per heavy atom. The first-order chi connectivity index (χ1) is 8.16. The molecule has 0 aliphatic carbocycles. The Labute approximate surface area is 105 Å². The van der Waals surface area contributed by atoms with Crippen molar-refractivity contribution < 1.29 is 9.53 Å². The van der Waals surface area contributed by atoms with Crippen molar-refractivity contribution in [1.29, 1.82) is 0 Å². The fourth-order valence-electron chi connectivity index (χ4n) is 1.87. The van der Waals surface area contributed by atoms with Crippen LogP contribution < -0.4 is 5.32 Å². The molecule has 1 amide bonds. The summed E-state index contributed by atoms with van der Waals surface area (Å²) in [6.45, 7) is 5.17. The Bertz CT molecular complexity index is 441. The smallest absolute Gasteiger partial charge is 0.243 e. The minimum atomic E-state index is -0.168. The molecule has 0 radical (unpaired) electrons. The molecule has 1 aliphatic heterocycles. The Morgan fingerprint density at radius 3 is 2.88 bits per heavy atom. The Hall–Kier alpha value is -1.32. The first-order valence-corrected chi connectivity index (χ1v) is 5.78. The van der Waals surface area contributed by atoms with Gasteiger partial charge in [-0.05, 0) is 23.8 Å². The topological polar surface area (TPSA) is 38.3 Å². The minimum absolute atomic E-state index is 0.149. The van der Waals surface area contributed by atoms with Crippen LogP contribution in [-0.4, -0.2) is 25.7 Å². The van der Waals surface area contributed by atoms with Crippen LogP contribution in [0.25, 0.3) is 0 Å². The first kappa shape index (κ1) is 12.1. The number of amides is 1. The predicted molar refractivity (Wildman–Crippen MR) is 67.2 cm³/mol. The van der Waals surface area contributed by atoms with Gasteiger partial charge in [0, 0.05) is 11.6 Å². The number of nitrogens with one attached hydrogen (secondary N) is 1. The van der Waals surface area contributed by atoms with E-state index in [-0.39, 0.29) is 11.3 Å². The average Bonchev–Trinajstić information content (AvgIpc) is 2.27. The van der Waals surface area contributed by atoms with Crippen molar-refractivity contribution in [3.63, 3.8) is 0 Å². The van der Waals surface area contributed by atoms with Gasteiger partial charge in [0.2, 0.25) is 5.91 Å². The zero-order chi connectivity index (χ0) is 12.3. The van der Waals surface area contributed by atoms with Crippen LogP contribution in [0.15, 0.2) is 36.9 Å². The number of carbonyl (C=O) groups excluding carboxylic acids is 1. The lowest BCUT2D eigenvalue weighted by atomic mass is 9.78. The molecule has 1 aromatic carbocycles. The number of hydrogen-bond acceptors (Lipinski definition) is 2. The maximum absolute atomic E-state index is 11.2. The molecule has 1 heterocycles. The lowest BCUT2D eigenvalue weighted by Gasteiger charge is -2.42. The summed E-state index contributed by atoms with van der Waals surface area (Å²) < 4.78 is 5.28. The van der Waals surface area contributed by atoms with Crippen molar-refractivity contribution >= 4 is 17.5 Å². The highest BCUT2D eigenvalue weighted by Crippen LogP contribution is 2.33. The SMILES string of the molecule is C=CC(=O)NCC1(c2cccc(Cl)c2)COC1. The number of ether oxygens (including phenoxy) is 1. The third-order valence-corrected chi connectivity index (χ3v) is 3.22. The quantitative estimate of drug-likeness (QED) is 0.831. The van der Waals surface area contributed by atoms with Crippen LogP contribution in [0, 0.1) is 0 Å². The number of halogens is 1. The van der Waals surface area contributed by atoms with Gasteiger partial charge in [-0.25, -0.2) is 0 Å². The summed E-state index contributed by atoms with van der Waals surface area (Å²) in [6, 6.07) is 7.67. The number of hydrogen-bond donors (Lipinski definition) is 1. The van der Waals surface area contributed by atoms with Crippen LogP contribution in [0.3, 0.4) is 0 Å². The third kappa shape index (κ3) is 2.51. The van der Waals surface area contributed by atoms with E-state index in [0.29, 0.717) is 24.8 Å². The number of benzene rings is 1. The van der Waals surface area contributed by atoms with E-state index >= 15 is 0 Å². The second-order valence-corrected chi connectivity index (χ2v) is 4.64. The van der Waals surface area contributed by atoms with Gasteiger partial charge in [0.15, 0.2) is 0 Å². The molecule has 1 saturated heterocycles. The van der Waals surface area contributed by atoms with Crippen molar-refractivity contribution in [3.05, 3.63) is 47.5 Å². The van der Waals surface area contributed by atoms with Crippen LogP contribution in [-0.2, 0) is 14.9 Å². The molecular weight excluding hydrogens is 238 g/mol. The molecule has 1 fully saturated rings. The number of carbonyl (C=O) groups is 1. The Balaban J connectivity index is 2.14. The highest BCUT2D eigenvalue weighted by molar-refractivity contribution is 6.30. The highest BCUT2D eigenvalue weighted by Gasteiger charge is 2.40. The van der Waals surface area contributed by atoms with Gasteiger partial charge < -0.3 is 10.1 Å². The van der Waals surface area contributed by atoms with E-state index in [0.717, 1.165) is 5.56 Å². The van der Waals surface area contributed by atoms with Crippen LogP contribution in [0.1, 0.15) is 5.56 Å². The fraction of sp³-hybridized carbons (Fsp3) is 0.308. The zero-order valence-corrected chi connectivity index (χ0v) is 10.2. The molecule has 2 rings (SSSR count). The van der Waals surface area contributed by atoms with E-state index < -0.39 is 0 Å². The minimum Gasteiger partial charge on any atom is -0.379 e. The van der Waals surface area contributed by atoms with E-state index in [1.807, 2.05) is 24.3 Å². The van der Waals surface area contributed by atoms with E-state index in [4.69, 9.17) is 16.3 Å².